The largest absolute Gasteiger partial charge is 0.496 e. The molecular weight excluding hydrogens is 454 g/mol. The van der Waals surface area contributed by atoms with Crippen LogP contribution in [-0.2, 0) is 16.6 Å². The van der Waals surface area contributed by atoms with Crippen LogP contribution in [0.25, 0.3) is 0 Å². The third-order valence-corrected chi connectivity index (χ3v) is 7.08. The standard InChI is InChI=1S/C23H22ClNO6S/c1-31-22-12-7-16(13-20(22)23(27)28)14-25(21(15-26)17-5-3-2-4-6-17)32(29,30)19-10-8-18(24)9-11-19/h2-13,21,26H,14-15H2,1H3,(H,27,28). The zero-order valence-corrected chi connectivity index (χ0v) is 18.8. The van der Waals surface area contributed by atoms with Crippen LogP contribution in [0.2, 0.25) is 5.02 Å². The van der Waals surface area contributed by atoms with E-state index >= 15 is 0 Å². The van der Waals surface area contributed by atoms with Crippen molar-refractivity contribution < 1.29 is 28.2 Å². The second-order valence-electron chi connectivity index (χ2n) is 6.95. The molecule has 0 bridgehead atoms. The Morgan fingerprint density at radius 2 is 1.72 bits per heavy atom. The van der Waals surface area contributed by atoms with Crippen LogP contribution in [-0.4, -0.2) is 42.6 Å². The maximum absolute atomic E-state index is 13.6. The van der Waals surface area contributed by atoms with E-state index in [0.29, 0.717) is 16.1 Å². The highest BCUT2D eigenvalue weighted by Crippen LogP contribution is 2.31. The molecular formula is C23H22ClNO6S. The molecule has 1 unspecified atom stereocenters. The summed E-state index contributed by atoms with van der Waals surface area (Å²) in [6, 6.07) is 18.0. The lowest BCUT2D eigenvalue weighted by Crippen LogP contribution is -2.36. The summed E-state index contributed by atoms with van der Waals surface area (Å²) >= 11 is 5.92. The molecule has 0 spiro atoms. The molecule has 0 amide bonds. The van der Waals surface area contributed by atoms with E-state index < -0.39 is 28.6 Å². The van der Waals surface area contributed by atoms with Crippen molar-refractivity contribution in [1.82, 2.24) is 4.31 Å². The maximum Gasteiger partial charge on any atom is 0.339 e. The van der Waals surface area contributed by atoms with E-state index in [2.05, 4.69) is 0 Å². The van der Waals surface area contributed by atoms with Gasteiger partial charge in [-0.1, -0.05) is 48.0 Å². The van der Waals surface area contributed by atoms with Crippen LogP contribution in [0.15, 0.2) is 77.7 Å². The number of aromatic carboxylic acids is 1. The summed E-state index contributed by atoms with van der Waals surface area (Å²) in [6.45, 7) is -0.645. The summed E-state index contributed by atoms with van der Waals surface area (Å²) < 4.78 is 33.4. The van der Waals surface area contributed by atoms with Crippen molar-refractivity contribution in [1.29, 1.82) is 0 Å². The number of carbonyl (C=O) groups is 1. The lowest BCUT2D eigenvalue weighted by molar-refractivity contribution is 0.0693. The van der Waals surface area contributed by atoms with E-state index in [1.165, 1.54) is 43.5 Å². The molecule has 0 aliphatic heterocycles. The molecule has 0 radical (unpaired) electrons. The Kier molecular flexibility index (Phi) is 7.52. The highest BCUT2D eigenvalue weighted by molar-refractivity contribution is 7.89. The summed E-state index contributed by atoms with van der Waals surface area (Å²) in [6.07, 6.45) is 0. The Labute approximate surface area is 191 Å². The van der Waals surface area contributed by atoms with E-state index in [1.54, 1.807) is 36.4 Å². The van der Waals surface area contributed by atoms with Crippen molar-refractivity contribution in [3.63, 3.8) is 0 Å². The van der Waals surface area contributed by atoms with Crippen LogP contribution >= 0.6 is 11.6 Å². The van der Waals surface area contributed by atoms with Crippen LogP contribution < -0.4 is 4.74 Å². The van der Waals surface area contributed by atoms with Gasteiger partial charge in [-0.15, -0.1) is 0 Å². The number of halogens is 1. The van der Waals surface area contributed by atoms with E-state index in [0.717, 1.165) is 4.31 Å². The van der Waals surface area contributed by atoms with Gasteiger partial charge in [0, 0.05) is 11.6 Å². The highest BCUT2D eigenvalue weighted by atomic mass is 35.5. The van der Waals surface area contributed by atoms with Gasteiger partial charge in [0.05, 0.1) is 24.7 Å². The molecule has 0 saturated heterocycles. The molecule has 0 aliphatic rings. The number of nitrogens with zero attached hydrogens (tertiary/aromatic N) is 1. The van der Waals surface area contributed by atoms with Gasteiger partial charge in [-0.3, -0.25) is 0 Å². The van der Waals surface area contributed by atoms with Crippen molar-refractivity contribution >= 4 is 27.6 Å². The third kappa shape index (κ3) is 5.11. The molecule has 1 atom stereocenters. The van der Waals surface area contributed by atoms with Crippen molar-refractivity contribution in [2.75, 3.05) is 13.7 Å². The Bertz CT molecular complexity index is 1180. The first-order valence-electron chi connectivity index (χ1n) is 9.61. The fraction of sp³-hybridized carbons (Fsp3) is 0.174. The Morgan fingerprint density at radius 3 is 2.28 bits per heavy atom. The monoisotopic (exact) mass is 475 g/mol. The second-order valence-corrected chi connectivity index (χ2v) is 9.28. The molecule has 3 aromatic rings. The number of ether oxygens (including phenoxy) is 1. The minimum absolute atomic E-state index is 0.00301. The quantitative estimate of drug-likeness (QED) is 0.485. The van der Waals surface area contributed by atoms with Gasteiger partial charge in [0.25, 0.3) is 0 Å². The summed E-state index contributed by atoms with van der Waals surface area (Å²) in [5.74, 6) is -1.03. The van der Waals surface area contributed by atoms with Gasteiger partial charge < -0.3 is 14.9 Å². The van der Waals surface area contributed by atoms with Crippen LogP contribution in [0.1, 0.15) is 27.5 Å². The lowest BCUT2D eigenvalue weighted by Gasteiger charge is -2.30. The fourth-order valence-corrected chi connectivity index (χ4v) is 5.06. The normalized spacial score (nSPS) is 12.5. The minimum atomic E-state index is -4.09. The van der Waals surface area contributed by atoms with Gasteiger partial charge in [-0.05, 0) is 47.5 Å². The molecule has 32 heavy (non-hydrogen) atoms. The molecule has 7 nitrogen and oxygen atoms in total. The Hall–Kier alpha value is -2.91. The summed E-state index contributed by atoms with van der Waals surface area (Å²) in [7, 11) is -2.73. The number of hydrogen-bond donors (Lipinski definition) is 2. The molecule has 3 rings (SSSR count). The van der Waals surface area contributed by atoms with Crippen LogP contribution in [0.4, 0.5) is 0 Å². The first kappa shape index (κ1) is 23.7. The predicted molar refractivity (Wildman–Crippen MR) is 120 cm³/mol. The number of carboxylic acids is 1. The van der Waals surface area contributed by atoms with Crippen molar-refractivity contribution in [3.8, 4) is 5.75 Å². The number of methoxy groups -OCH3 is 1. The number of rotatable bonds is 9. The number of hydrogen-bond acceptors (Lipinski definition) is 5. The first-order valence-corrected chi connectivity index (χ1v) is 11.4. The van der Waals surface area contributed by atoms with Gasteiger partial charge in [0.2, 0.25) is 10.0 Å². The van der Waals surface area contributed by atoms with Gasteiger partial charge in [-0.2, -0.15) is 4.31 Å². The van der Waals surface area contributed by atoms with Crippen molar-refractivity contribution in [2.45, 2.75) is 17.5 Å². The van der Waals surface area contributed by atoms with Crippen LogP contribution in [0.3, 0.4) is 0 Å². The zero-order chi connectivity index (χ0) is 23.3. The van der Waals surface area contributed by atoms with E-state index in [4.69, 9.17) is 16.3 Å². The first-order chi connectivity index (χ1) is 15.3. The van der Waals surface area contributed by atoms with Gasteiger partial charge in [-0.25, -0.2) is 13.2 Å². The topological polar surface area (TPSA) is 104 Å². The minimum Gasteiger partial charge on any atom is -0.496 e. The number of carboxylic acid groups (broad SMARTS) is 1. The van der Waals surface area contributed by atoms with E-state index in [9.17, 15) is 23.4 Å². The Morgan fingerprint density at radius 1 is 1.06 bits per heavy atom. The summed E-state index contributed by atoms with van der Waals surface area (Å²) in [4.78, 5) is 11.6. The van der Waals surface area contributed by atoms with E-state index in [-0.39, 0.29) is 22.8 Å². The van der Waals surface area contributed by atoms with Crippen molar-refractivity contribution in [2.24, 2.45) is 0 Å². The number of aliphatic hydroxyl groups is 1. The summed E-state index contributed by atoms with van der Waals surface area (Å²) in [5, 5.41) is 20.0. The molecule has 0 saturated carbocycles. The molecule has 0 heterocycles. The molecule has 168 valence electrons. The average Bonchev–Trinajstić information content (AvgIpc) is 2.79. The van der Waals surface area contributed by atoms with Gasteiger partial charge in [0.1, 0.15) is 11.3 Å². The fourth-order valence-electron chi connectivity index (χ4n) is 3.34. The molecule has 0 fully saturated rings. The molecule has 9 heteroatoms. The predicted octanol–water partition coefficient (Wildman–Crippen LogP) is 3.97. The third-order valence-electron chi connectivity index (χ3n) is 4.96. The number of benzene rings is 3. The highest BCUT2D eigenvalue weighted by Gasteiger charge is 2.32. The van der Waals surface area contributed by atoms with Crippen molar-refractivity contribution in [3.05, 3.63) is 94.5 Å². The SMILES string of the molecule is COc1ccc(CN(C(CO)c2ccccc2)S(=O)(=O)c2ccc(Cl)cc2)cc1C(=O)O. The zero-order valence-electron chi connectivity index (χ0n) is 17.2. The van der Waals surface area contributed by atoms with Crippen LogP contribution in [0.5, 0.6) is 5.75 Å². The van der Waals surface area contributed by atoms with E-state index in [1.807, 2.05) is 0 Å². The van der Waals surface area contributed by atoms with Gasteiger partial charge >= 0.3 is 5.97 Å². The molecule has 0 aromatic heterocycles. The average molecular weight is 476 g/mol. The lowest BCUT2D eigenvalue weighted by atomic mass is 10.1. The summed E-state index contributed by atoms with van der Waals surface area (Å²) in [5.41, 5.74) is 0.934. The molecule has 0 aliphatic carbocycles. The maximum atomic E-state index is 13.6. The number of sulfonamides is 1. The Balaban J connectivity index is 2.11. The number of aliphatic hydroxyl groups excluding tert-OH is 1. The smallest absolute Gasteiger partial charge is 0.339 e. The molecule has 2 N–H and O–H groups in total. The second kappa shape index (κ2) is 10.1. The van der Waals surface area contributed by atoms with Crippen LogP contribution in [0, 0.1) is 0 Å². The van der Waals surface area contributed by atoms with Gasteiger partial charge in [0.15, 0.2) is 0 Å². The molecule has 3 aromatic carbocycles.